The number of quaternary nitrogens is 1. The topological polar surface area (TPSA) is 108 Å². The number of nitrogens with one attached hydrogen (secondary N) is 1. The Morgan fingerprint density at radius 3 is 1.89 bits per heavy atom. The summed E-state index contributed by atoms with van der Waals surface area (Å²) in [7, 11) is 1.28. The monoisotopic (exact) mass is 683 g/mol. The summed E-state index contributed by atoms with van der Waals surface area (Å²) < 4.78 is 23.0. The molecule has 0 spiro atoms. The van der Waals surface area contributed by atoms with Crippen LogP contribution in [0.15, 0.2) is 48.6 Å². The quantitative estimate of drug-likeness (QED) is 0.0318. The van der Waals surface area contributed by atoms with Gasteiger partial charge in [0.15, 0.2) is 0 Å². The Hall–Kier alpha value is -1.54. The summed E-state index contributed by atoms with van der Waals surface area (Å²) >= 11 is 0. The molecule has 0 saturated carbocycles. The summed E-state index contributed by atoms with van der Waals surface area (Å²) in [5, 5.41) is 13.7. The van der Waals surface area contributed by atoms with Crippen molar-refractivity contribution in [2.45, 2.75) is 148 Å². The van der Waals surface area contributed by atoms with Gasteiger partial charge in [0.25, 0.3) is 7.82 Å². The molecule has 47 heavy (non-hydrogen) atoms. The number of nitrogens with zero attached hydrogens (tertiary/aromatic N) is 1. The van der Waals surface area contributed by atoms with E-state index in [-0.39, 0.29) is 19.1 Å². The van der Waals surface area contributed by atoms with Crippen LogP contribution in [0.2, 0.25) is 0 Å². The molecule has 0 aliphatic carbocycles. The van der Waals surface area contributed by atoms with Crippen LogP contribution in [0.4, 0.5) is 0 Å². The van der Waals surface area contributed by atoms with Gasteiger partial charge in [-0.1, -0.05) is 127 Å². The van der Waals surface area contributed by atoms with E-state index >= 15 is 0 Å². The van der Waals surface area contributed by atoms with Crippen LogP contribution in [0.1, 0.15) is 136 Å². The van der Waals surface area contributed by atoms with Crippen molar-refractivity contribution >= 4 is 13.7 Å². The number of aliphatic hydroxyl groups is 1. The maximum atomic E-state index is 12.7. The van der Waals surface area contributed by atoms with Crippen molar-refractivity contribution in [2.24, 2.45) is 0 Å². The van der Waals surface area contributed by atoms with E-state index in [0.717, 1.165) is 77.0 Å². The fourth-order valence-electron chi connectivity index (χ4n) is 4.85. The molecule has 1 amide bonds. The third-order valence-electron chi connectivity index (χ3n) is 7.83. The van der Waals surface area contributed by atoms with Crippen molar-refractivity contribution in [3.63, 3.8) is 0 Å². The summed E-state index contributed by atoms with van der Waals surface area (Å²) in [5.74, 6) is -0.188. The third-order valence-corrected chi connectivity index (χ3v) is 8.80. The van der Waals surface area contributed by atoms with Crippen LogP contribution in [0.5, 0.6) is 0 Å². The Balaban J connectivity index is 4.32. The number of rotatable bonds is 32. The van der Waals surface area contributed by atoms with Gasteiger partial charge in [-0.15, -0.1) is 0 Å². The van der Waals surface area contributed by atoms with Gasteiger partial charge in [-0.3, -0.25) is 9.36 Å². The number of phosphoric acid groups is 1. The standard InChI is InChI=1S/C38H71N2O6P/c1-6-8-10-12-14-15-16-17-18-19-20-21-22-23-24-25-26-28-30-32-38(42)39-36(37(41)31-29-27-13-11-9-7-2)35-46-47(43,44)45-34-33-40(3,4)5/h8,10,14-15,17-18,20-21,36-37,41H,6-7,9,11-13,16,19,22-35H2,1-5H3,(H-,39,42,43,44)/b10-8-,15-14-,18-17-,21-20-. The molecule has 0 aromatic carbocycles. The fourth-order valence-corrected chi connectivity index (χ4v) is 5.57. The highest BCUT2D eigenvalue weighted by Gasteiger charge is 2.24. The van der Waals surface area contributed by atoms with Gasteiger partial charge in [0.2, 0.25) is 5.91 Å². The number of phosphoric ester groups is 1. The molecule has 0 aliphatic rings. The lowest BCUT2D eigenvalue weighted by Crippen LogP contribution is -2.46. The molecule has 0 aliphatic heterocycles. The molecule has 0 saturated heterocycles. The minimum atomic E-state index is -4.55. The van der Waals surface area contributed by atoms with Crippen LogP contribution in [0.25, 0.3) is 0 Å². The van der Waals surface area contributed by atoms with Crippen molar-refractivity contribution in [2.75, 3.05) is 40.9 Å². The van der Waals surface area contributed by atoms with E-state index in [1.807, 2.05) is 21.1 Å². The summed E-state index contributed by atoms with van der Waals surface area (Å²) in [6, 6.07) is -0.805. The predicted molar refractivity (Wildman–Crippen MR) is 196 cm³/mol. The molecule has 3 unspecified atom stereocenters. The largest absolute Gasteiger partial charge is 0.756 e. The molecule has 0 fully saturated rings. The zero-order valence-electron chi connectivity index (χ0n) is 30.7. The highest BCUT2D eigenvalue weighted by Crippen LogP contribution is 2.38. The minimum Gasteiger partial charge on any atom is -0.756 e. The number of allylic oxidation sites excluding steroid dienone is 8. The molecule has 274 valence electrons. The Kier molecular flexibility index (Phi) is 29.5. The number of aliphatic hydroxyl groups excluding tert-OH is 1. The maximum Gasteiger partial charge on any atom is 0.268 e. The van der Waals surface area contributed by atoms with Gasteiger partial charge in [-0.25, -0.2) is 0 Å². The van der Waals surface area contributed by atoms with Crippen molar-refractivity contribution in [3.05, 3.63) is 48.6 Å². The van der Waals surface area contributed by atoms with Gasteiger partial charge in [0.1, 0.15) is 13.2 Å². The zero-order valence-corrected chi connectivity index (χ0v) is 31.6. The van der Waals surface area contributed by atoms with Crippen LogP contribution in [-0.2, 0) is 18.4 Å². The highest BCUT2D eigenvalue weighted by molar-refractivity contribution is 7.45. The van der Waals surface area contributed by atoms with Crippen LogP contribution in [-0.4, -0.2) is 68.5 Å². The molecular formula is C38H71N2O6P. The van der Waals surface area contributed by atoms with Crippen molar-refractivity contribution in [3.8, 4) is 0 Å². The van der Waals surface area contributed by atoms with Gasteiger partial charge < -0.3 is 28.8 Å². The molecular weight excluding hydrogens is 611 g/mol. The van der Waals surface area contributed by atoms with Gasteiger partial charge in [0, 0.05) is 6.42 Å². The first kappa shape index (κ1) is 45.5. The maximum absolute atomic E-state index is 12.7. The van der Waals surface area contributed by atoms with E-state index in [4.69, 9.17) is 9.05 Å². The van der Waals surface area contributed by atoms with Crippen LogP contribution in [0, 0.1) is 0 Å². The lowest BCUT2D eigenvalue weighted by atomic mass is 10.0. The first-order valence-corrected chi connectivity index (χ1v) is 19.9. The van der Waals surface area contributed by atoms with E-state index < -0.39 is 20.0 Å². The summed E-state index contributed by atoms with van der Waals surface area (Å²) in [6.45, 7) is 4.49. The van der Waals surface area contributed by atoms with Gasteiger partial charge in [-0.2, -0.15) is 0 Å². The average molecular weight is 683 g/mol. The second-order valence-electron chi connectivity index (χ2n) is 13.5. The van der Waals surface area contributed by atoms with Crippen molar-refractivity contribution in [1.29, 1.82) is 0 Å². The molecule has 0 bridgehead atoms. The number of carbonyl (C=O) groups is 1. The lowest BCUT2D eigenvalue weighted by Gasteiger charge is -2.30. The number of hydrogen-bond acceptors (Lipinski definition) is 6. The Morgan fingerprint density at radius 1 is 0.766 bits per heavy atom. The summed E-state index contributed by atoms with van der Waals surface area (Å²) in [4.78, 5) is 25.0. The Bertz CT molecular complexity index is 912. The first-order chi connectivity index (χ1) is 22.5. The molecule has 8 nitrogen and oxygen atoms in total. The molecule has 0 radical (unpaired) electrons. The lowest BCUT2D eigenvalue weighted by molar-refractivity contribution is -0.870. The fraction of sp³-hybridized carbons (Fsp3) is 0.763. The number of unbranched alkanes of at least 4 members (excludes halogenated alkanes) is 11. The van der Waals surface area contributed by atoms with E-state index in [1.54, 1.807) is 0 Å². The van der Waals surface area contributed by atoms with Crippen molar-refractivity contribution in [1.82, 2.24) is 5.32 Å². The highest BCUT2D eigenvalue weighted by atomic mass is 31.2. The molecule has 0 rings (SSSR count). The SMILES string of the molecule is CC/C=C\C/C=C\C/C=C\C/C=C\CCCCCCCCC(=O)NC(COP(=O)([O-])OCC[N+](C)(C)C)C(O)CCCCCCCC. The normalized spacial score (nSPS) is 15.3. The minimum absolute atomic E-state index is 0.00600. The van der Waals surface area contributed by atoms with Crippen molar-refractivity contribution < 1.29 is 32.9 Å². The van der Waals surface area contributed by atoms with Crippen LogP contribution < -0.4 is 10.2 Å². The number of carbonyl (C=O) groups excluding carboxylic acids is 1. The molecule has 0 heterocycles. The average Bonchev–Trinajstić information content (AvgIpc) is 3.01. The number of likely N-dealkylation sites (N-methyl/N-ethyl adjacent to an activating group) is 1. The smallest absolute Gasteiger partial charge is 0.268 e. The van der Waals surface area contributed by atoms with E-state index in [0.29, 0.717) is 23.9 Å². The van der Waals surface area contributed by atoms with E-state index in [9.17, 15) is 19.4 Å². The third kappa shape index (κ3) is 32.8. The number of amides is 1. The van der Waals surface area contributed by atoms with Crippen LogP contribution in [0.3, 0.4) is 0 Å². The predicted octanol–water partition coefficient (Wildman–Crippen LogP) is 8.72. The second kappa shape index (κ2) is 30.5. The van der Waals surface area contributed by atoms with E-state index in [1.165, 1.54) is 32.1 Å². The molecule has 3 atom stereocenters. The van der Waals surface area contributed by atoms with Gasteiger partial charge in [-0.05, 0) is 51.4 Å². The molecule has 2 N–H and O–H groups in total. The zero-order chi connectivity index (χ0) is 35.1. The van der Waals surface area contributed by atoms with Gasteiger partial charge >= 0.3 is 0 Å². The second-order valence-corrected chi connectivity index (χ2v) is 15.0. The van der Waals surface area contributed by atoms with Gasteiger partial charge in [0.05, 0.1) is 39.9 Å². The molecule has 0 aromatic rings. The summed E-state index contributed by atoms with van der Waals surface area (Å²) in [5.41, 5.74) is 0. The Morgan fingerprint density at radius 2 is 1.30 bits per heavy atom. The van der Waals surface area contributed by atoms with Crippen LogP contribution >= 0.6 is 7.82 Å². The molecule has 9 heteroatoms. The first-order valence-electron chi connectivity index (χ1n) is 18.5. The summed E-state index contributed by atoms with van der Waals surface area (Å²) in [6.07, 6.45) is 35.6. The number of hydrogen-bond donors (Lipinski definition) is 2. The van der Waals surface area contributed by atoms with E-state index in [2.05, 4.69) is 67.8 Å². The molecule has 0 aromatic heterocycles. The Labute approximate surface area is 289 Å².